The van der Waals surface area contributed by atoms with Crippen LogP contribution >= 0.6 is 34.9 Å². The maximum atomic E-state index is 13.0. The van der Waals surface area contributed by atoms with E-state index in [2.05, 4.69) is 20.3 Å². The van der Waals surface area contributed by atoms with E-state index in [9.17, 15) is 29.1 Å². The molecule has 2 aliphatic heterocycles. The van der Waals surface area contributed by atoms with Gasteiger partial charge in [-0.1, -0.05) is 5.16 Å². The number of thioether (sulfide) groups is 2. The molecule has 2 aliphatic rings. The van der Waals surface area contributed by atoms with Gasteiger partial charge in [-0.3, -0.25) is 14.5 Å². The van der Waals surface area contributed by atoms with Gasteiger partial charge in [0, 0.05) is 33.9 Å². The minimum absolute atomic E-state index is 0.00865. The number of carboxylic acid groups (broad SMARTS) is 3. The summed E-state index contributed by atoms with van der Waals surface area (Å²) in [6.07, 6.45) is 3.18. The summed E-state index contributed by atoms with van der Waals surface area (Å²) in [6.45, 7) is -1.02. The summed E-state index contributed by atoms with van der Waals surface area (Å²) in [7, 11) is 0. The van der Waals surface area contributed by atoms with Crippen LogP contribution in [-0.2, 0) is 35.4 Å². The number of aromatic nitrogens is 2. The minimum atomic E-state index is -1.53. The van der Waals surface area contributed by atoms with Crippen LogP contribution in [0.25, 0.3) is 0 Å². The Morgan fingerprint density at radius 2 is 2.00 bits per heavy atom. The molecule has 2 amide bonds. The maximum Gasteiger partial charge on any atom is 0.370 e. The Bertz CT molecular complexity index is 1430. The zero-order chi connectivity index (χ0) is 29.0. The quantitative estimate of drug-likeness (QED) is 0.0679. The number of hydrogen-bond acceptors (Lipinski definition) is 13. The van der Waals surface area contributed by atoms with Gasteiger partial charge >= 0.3 is 11.9 Å². The lowest BCUT2D eigenvalue weighted by molar-refractivity contribution is -0.686. The number of carbonyl (C=O) groups is 5. The number of anilines is 1. The lowest BCUT2D eigenvalue weighted by atomic mass is 10.0. The first-order chi connectivity index (χ1) is 19.0. The molecule has 2 aromatic rings. The van der Waals surface area contributed by atoms with Gasteiger partial charge in [-0.25, -0.2) is 14.6 Å². The van der Waals surface area contributed by atoms with Crippen molar-refractivity contribution in [3.63, 3.8) is 0 Å². The molecule has 0 radical (unpaired) electrons. The van der Waals surface area contributed by atoms with E-state index in [4.69, 9.17) is 15.9 Å². The third-order valence-corrected chi connectivity index (χ3v) is 8.55. The highest BCUT2D eigenvalue weighted by atomic mass is 32.2. The van der Waals surface area contributed by atoms with Gasteiger partial charge in [0.1, 0.15) is 17.1 Å². The second-order valence-corrected chi connectivity index (χ2v) is 11.2. The molecule has 4 heterocycles. The molecule has 0 aromatic carbocycles. The first-order valence-electron chi connectivity index (χ1n) is 11.2. The maximum absolute atomic E-state index is 13.0. The molecular formula is C22H20N6O9S3. The number of nitrogens with one attached hydrogen (secondary N) is 1. The second-order valence-electron chi connectivity index (χ2n) is 8.17. The van der Waals surface area contributed by atoms with Crippen LogP contribution < -0.4 is 20.7 Å². The van der Waals surface area contributed by atoms with E-state index in [1.54, 1.807) is 24.5 Å². The van der Waals surface area contributed by atoms with Crippen molar-refractivity contribution in [1.29, 1.82) is 0 Å². The number of nitrogens with zero attached hydrogens (tertiary/aromatic N) is 4. The number of thiazole rings is 1. The zero-order valence-corrected chi connectivity index (χ0v) is 22.7. The van der Waals surface area contributed by atoms with Crippen LogP contribution in [0.15, 0.2) is 51.2 Å². The first kappa shape index (κ1) is 28.8. The molecule has 40 heavy (non-hydrogen) atoms. The second kappa shape index (κ2) is 12.3. The molecule has 0 saturated carbocycles. The molecule has 1 saturated heterocycles. The third kappa shape index (κ3) is 6.52. The molecule has 4 rings (SSSR count). The fraction of sp³-hybridized carbons (Fsp3) is 0.273. The van der Waals surface area contributed by atoms with Crippen molar-refractivity contribution in [2.45, 2.75) is 22.9 Å². The standard InChI is InChI=1S/C22H20N6O9S3/c23-22-24-12(9-40-22)15(26-37-6-14(31)32)18(33)25-16-19(34)28-17(21(35)36)10(8-39-20(16)28)7-38-11-1-3-27(4-2-11)5-13(29)30/h1-4,9,16,20H,5-8H2,(H5-,23,24,25,29,30,31,32,33,35,36)/b26-15-/t16-,20-/m1/s1. The van der Waals surface area contributed by atoms with E-state index in [1.807, 2.05) is 0 Å². The van der Waals surface area contributed by atoms with Gasteiger partial charge in [0.15, 0.2) is 23.2 Å². The number of β-lactam (4-membered cyclic amide) rings is 1. The lowest BCUT2D eigenvalue weighted by Gasteiger charge is -2.50. The molecule has 210 valence electrons. The van der Waals surface area contributed by atoms with E-state index in [0.717, 1.165) is 21.1 Å². The fourth-order valence-corrected chi connectivity index (χ4v) is 6.63. The van der Waals surface area contributed by atoms with Crippen molar-refractivity contribution in [3.05, 3.63) is 46.9 Å². The van der Waals surface area contributed by atoms with Gasteiger partial charge in [0.05, 0.1) is 11.7 Å². The Hall–Kier alpha value is -4.16. The smallest absolute Gasteiger partial charge is 0.370 e. The summed E-state index contributed by atoms with van der Waals surface area (Å²) < 4.78 is 1.48. The van der Waals surface area contributed by atoms with Crippen LogP contribution in [0.2, 0.25) is 0 Å². The number of amides is 2. The van der Waals surface area contributed by atoms with E-state index >= 15 is 0 Å². The molecular weight excluding hydrogens is 588 g/mol. The Labute approximate surface area is 237 Å². The highest BCUT2D eigenvalue weighted by Gasteiger charge is 2.53. The highest BCUT2D eigenvalue weighted by Crippen LogP contribution is 2.41. The fourth-order valence-electron chi connectivity index (χ4n) is 3.72. The number of hydrogen-bond donors (Lipinski definition) is 4. The number of fused-ring (bicyclic) bond motifs is 1. The summed E-state index contributed by atoms with van der Waals surface area (Å²) in [5.74, 6) is -4.93. The van der Waals surface area contributed by atoms with Gasteiger partial charge < -0.3 is 36.0 Å². The van der Waals surface area contributed by atoms with Gasteiger partial charge in [-0.15, -0.1) is 34.9 Å². The summed E-state index contributed by atoms with van der Waals surface area (Å²) in [5.41, 5.74) is 5.41. The van der Waals surface area contributed by atoms with Crippen LogP contribution in [0.5, 0.6) is 0 Å². The summed E-state index contributed by atoms with van der Waals surface area (Å²) in [5, 5.41) is 36.5. The van der Waals surface area contributed by atoms with Gasteiger partial charge in [0.2, 0.25) is 13.2 Å². The van der Waals surface area contributed by atoms with Crippen molar-refractivity contribution >= 4 is 75.4 Å². The Kier molecular flexibility index (Phi) is 8.90. The zero-order valence-electron chi connectivity index (χ0n) is 20.2. The van der Waals surface area contributed by atoms with Crippen molar-refractivity contribution in [2.24, 2.45) is 5.16 Å². The molecule has 2 atom stereocenters. The normalized spacial score (nSPS) is 18.6. The lowest BCUT2D eigenvalue weighted by Crippen LogP contribution is -2.71. The monoisotopic (exact) mass is 608 g/mol. The largest absolute Gasteiger partial charge is 0.543 e. The summed E-state index contributed by atoms with van der Waals surface area (Å²) >= 11 is 3.57. The number of oxime groups is 1. The predicted octanol–water partition coefficient (Wildman–Crippen LogP) is -1.90. The van der Waals surface area contributed by atoms with E-state index in [1.165, 1.54) is 33.5 Å². The highest BCUT2D eigenvalue weighted by molar-refractivity contribution is 8.01. The minimum Gasteiger partial charge on any atom is -0.543 e. The average molecular weight is 609 g/mol. The van der Waals surface area contributed by atoms with Gasteiger partial charge in [0.25, 0.3) is 11.8 Å². The molecule has 0 bridgehead atoms. The number of nitrogens with two attached hydrogens (primary N) is 1. The summed E-state index contributed by atoms with van der Waals surface area (Å²) in [4.78, 5) is 70.0. The molecule has 15 nitrogen and oxygen atoms in total. The SMILES string of the molecule is Nc1nc(/C(=N/OCC(=O)O)C(=O)N[C@@H]2C(=O)N3C(C(=O)[O-])=C(CSc4cc[n+](CC(=O)O)cc4)CS[C@H]23)cs1. The molecule has 18 heteroatoms. The van der Waals surface area contributed by atoms with Crippen LogP contribution in [0.3, 0.4) is 0 Å². The van der Waals surface area contributed by atoms with Crippen LogP contribution in [-0.4, -0.2) is 85.1 Å². The number of nitrogen functional groups attached to an aromatic ring is 1. The van der Waals surface area contributed by atoms with Crippen molar-refractivity contribution in [3.8, 4) is 0 Å². The average Bonchev–Trinajstić information content (AvgIpc) is 3.33. The topological polar surface area (TPSA) is 229 Å². The number of carboxylic acids is 3. The molecule has 2 aromatic heterocycles. The van der Waals surface area contributed by atoms with E-state index < -0.39 is 53.5 Å². The molecule has 0 spiro atoms. The summed E-state index contributed by atoms with van der Waals surface area (Å²) in [6, 6.07) is 2.29. The Morgan fingerprint density at radius 1 is 1.27 bits per heavy atom. The predicted molar refractivity (Wildman–Crippen MR) is 139 cm³/mol. The van der Waals surface area contributed by atoms with Crippen LogP contribution in [0.4, 0.5) is 5.13 Å². The van der Waals surface area contributed by atoms with E-state index in [0.29, 0.717) is 5.57 Å². The third-order valence-electron chi connectivity index (χ3n) is 5.44. The molecule has 5 N–H and O–H groups in total. The van der Waals surface area contributed by atoms with Gasteiger partial charge in [-0.2, -0.15) is 4.57 Å². The molecule has 0 aliphatic carbocycles. The van der Waals surface area contributed by atoms with Crippen molar-refractivity contribution < 1.29 is 48.7 Å². The number of pyridine rings is 1. The van der Waals surface area contributed by atoms with Crippen molar-refractivity contribution in [2.75, 3.05) is 23.8 Å². The Balaban J connectivity index is 1.45. The van der Waals surface area contributed by atoms with Crippen molar-refractivity contribution in [1.82, 2.24) is 15.2 Å². The number of rotatable bonds is 12. The van der Waals surface area contributed by atoms with E-state index in [-0.39, 0.29) is 34.6 Å². The molecule has 1 fully saturated rings. The molecule has 0 unspecified atom stereocenters. The van der Waals surface area contributed by atoms with Gasteiger partial charge in [-0.05, 0) is 5.57 Å². The first-order valence-corrected chi connectivity index (χ1v) is 14.1. The number of aliphatic carboxylic acids is 3. The van der Waals surface area contributed by atoms with Crippen LogP contribution in [0, 0.1) is 0 Å². The Morgan fingerprint density at radius 3 is 2.60 bits per heavy atom. The number of carbonyl (C=O) groups excluding carboxylic acids is 3. The van der Waals surface area contributed by atoms with Crippen LogP contribution in [0.1, 0.15) is 5.69 Å².